The SMILES string of the molecule is COc1ccc(O)c(OC)c1.COc1ccc(O)c(OC)c1.[Cl-].[Cl-].[Ti+2]. The van der Waals surface area contributed by atoms with E-state index in [1.807, 2.05) is 0 Å². The van der Waals surface area contributed by atoms with E-state index >= 15 is 0 Å². The largest absolute Gasteiger partial charge is 2.00 e. The van der Waals surface area contributed by atoms with Gasteiger partial charge in [-0.1, -0.05) is 0 Å². The van der Waals surface area contributed by atoms with Crippen LogP contribution in [0.5, 0.6) is 34.5 Å². The predicted molar refractivity (Wildman–Crippen MR) is 82.4 cm³/mol. The van der Waals surface area contributed by atoms with E-state index in [0.29, 0.717) is 23.0 Å². The first-order chi connectivity index (χ1) is 10.5. The maximum absolute atomic E-state index is 9.15. The molecule has 0 heterocycles. The molecule has 0 saturated heterocycles. The van der Waals surface area contributed by atoms with E-state index < -0.39 is 0 Å². The van der Waals surface area contributed by atoms with Gasteiger partial charge in [0.25, 0.3) is 0 Å². The first-order valence-corrected chi connectivity index (χ1v) is 6.37. The van der Waals surface area contributed by atoms with Crippen molar-refractivity contribution in [2.45, 2.75) is 0 Å². The van der Waals surface area contributed by atoms with E-state index in [0.717, 1.165) is 0 Å². The van der Waals surface area contributed by atoms with Crippen LogP contribution >= 0.6 is 0 Å². The fraction of sp³-hybridized carbons (Fsp3) is 0.250. The summed E-state index contributed by atoms with van der Waals surface area (Å²) in [7, 11) is 6.11. The van der Waals surface area contributed by atoms with Crippen molar-refractivity contribution >= 4 is 0 Å². The molecule has 0 aliphatic rings. The number of hydrogen-bond donors (Lipinski definition) is 2. The summed E-state index contributed by atoms with van der Waals surface area (Å²) in [6, 6.07) is 9.62. The minimum atomic E-state index is 0. The number of hydrogen-bond acceptors (Lipinski definition) is 6. The average molecular weight is 427 g/mol. The van der Waals surface area contributed by atoms with Gasteiger partial charge in [0.05, 0.1) is 28.4 Å². The zero-order valence-electron chi connectivity index (χ0n) is 14.2. The molecule has 0 bridgehead atoms. The molecule has 0 spiro atoms. The van der Waals surface area contributed by atoms with Crippen molar-refractivity contribution in [3.63, 3.8) is 0 Å². The molecule has 25 heavy (non-hydrogen) atoms. The van der Waals surface area contributed by atoms with Crippen molar-refractivity contribution in [1.82, 2.24) is 0 Å². The summed E-state index contributed by atoms with van der Waals surface area (Å²) >= 11 is 0. The van der Waals surface area contributed by atoms with E-state index in [1.165, 1.54) is 26.4 Å². The average Bonchev–Trinajstić information content (AvgIpc) is 2.56. The molecule has 0 atom stereocenters. The molecule has 0 fully saturated rings. The summed E-state index contributed by atoms with van der Waals surface area (Å²) in [5.74, 6) is 2.41. The van der Waals surface area contributed by atoms with Crippen LogP contribution in [0.15, 0.2) is 36.4 Å². The van der Waals surface area contributed by atoms with E-state index in [2.05, 4.69) is 0 Å². The number of aromatic hydroxyl groups is 2. The van der Waals surface area contributed by atoms with Gasteiger partial charge in [-0.05, 0) is 24.3 Å². The van der Waals surface area contributed by atoms with Gasteiger partial charge >= 0.3 is 21.7 Å². The van der Waals surface area contributed by atoms with E-state index in [1.54, 1.807) is 38.5 Å². The fourth-order valence-corrected chi connectivity index (χ4v) is 1.57. The van der Waals surface area contributed by atoms with Gasteiger partial charge in [-0.2, -0.15) is 0 Å². The number of benzene rings is 2. The molecule has 0 aromatic heterocycles. The molecule has 2 aromatic rings. The first kappa shape index (κ1) is 28.3. The van der Waals surface area contributed by atoms with Crippen LogP contribution in [0.3, 0.4) is 0 Å². The number of phenols is 2. The second-order valence-electron chi connectivity index (χ2n) is 4.08. The van der Waals surface area contributed by atoms with Gasteiger partial charge in [0.2, 0.25) is 0 Å². The summed E-state index contributed by atoms with van der Waals surface area (Å²) in [5.41, 5.74) is 0. The molecule has 2 rings (SSSR count). The Kier molecular flexibility index (Phi) is 16.8. The molecular weight excluding hydrogens is 407 g/mol. The van der Waals surface area contributed by atoms with Crippen molar-refractivity contribution < 1.29 is 75.7 Å². The molecule has 0 amide bonds. The molecule has 9 heteroatoms. The second-order valence-corrected chi connectivity index (χ2v) is 4.08. The second kappa shape index (κ2) is 14.8. The first-order valence-electron chi connectivity index (χ1n) is 6.37. The van der Waals surface area contributed by atoms with Crippen molar-refractivity contribution in [2.24, 2.45) is 0 Å². The molecule has 2 N–H and O–H groups in total. The Morgan fingerprint density at radius 1 is 0.600 bits per heavy atom. The standard InChI is InChI=1S/2C8H10O3.2ClH.Ti/c2*1-10-6-3-4-7(9)8(5-6)11-2;;;/h2*3-5,9H,1-2H3;2*1H;/q;;;;+2/p-2. The molecule has 0 aliphatic carbocycles. The Balaban J connectivity index is -0.000000346. The van der Waals surface area contributed by atoms with E-state index in [-0.39, 0.29) is 58.0 Å². The predicted octanol–water partition coefficient (Wildman–Crippen LogP) is -3.18. The normalized spacial score (nSPS) is 8.16. The van der Waals surface area contributed by atoms with Crippen LogP contribution in [0, 0.1) is 0 Å². The van der Waals surface area contributed by atoms with Gasteiger partial charge in [-0.3, -0.25) is 0 Å². The minimum Gasteiger partial charge on any atom is -1.00 e. The van der Waals surface area contributed by atoms with Crippen LogP contribution in [-0.4, -0.2) is 38.7 Å². The molecular formula is C16H20Cl2O6Ti. The Labute approximate surface area is 174 Å². The molecule has 6 nitrogen and oxygen atoms in total. The quantitative estimate of drug-likeness (QED) is 0.502. The number of methoxy groups -OCH3 is 4. The molecule has 0 unspecified atom stereocenters. The van der Waals surface area contributed by atoms with Crippen LogP contribution in [0.4, 0.5) is 0 Å². The maximum atomic E-state index is 9.15. The van der Waals surface area contributed by atoms with Crippen LogP contribution < -0.4 is 43.8 Å². The molecule has 0 aliphatic heterocycles. The Hall–Kier alpha value is -1.47. The van der Waals surface area contributed by atoms with Crippen LogP contribution in [-0.2, 0) is 21.7 Å². The fourth-order valence-electron chi connectivity index (χ4n) is 1.57. The van der Waals surface area contributed by atoms with Crippen molar-refractivity contribution in [1.29, 1.82) is 0 Å². The molecule has 0 radical (unpaired) electrons. The van der Waals surface area contributed by atoms with Crippen molar-refractivity contribution in [2.75, 3.05) is 28.4 Å². The maximum Gasteiger partial charge on any atom is 2.00 e. The smallest absolute Gasteiger partial charge is 1.00 e. The zero-order chi connectivity index (χ0) is 16.5. The van der Waals surface area contributed by atoms with Crippen LogP contribution in [0.25, 0.3) is 0 Å². The summed E-state index contributed by atoms with van der Waals surface area (Å²) in [6.07, 6.45) is 0. The van der Waals surface area contributed by atoms with Gasteiger partial charge in [-0.25, -0.2) is 0 Å². The van der Waals surface area contributed by atoms with Gasteiger partial charge in [0.1, 0.15) is 11.5 Å². The Morgan fingerprint density at radius 3 is 1.16 bits per heavy atom. The van der Waals surface area contributed by atoms with Crippen LogP contribution in [0.2, 0.25) is 0 Å². The topological polar surface area (TPSA) is 77.4 Å². The van der Waals surface area contributed by atoms with E-state index in [9.17, 15) is 0 Å². The van der Waals surface area contributed by atoms with Gasteiger partial charge in [0, 0.05) is 12.1 Å². The summed E-state index contributed by atoms with van der Waals surface area (Å²) < 4.78 is 19.6. The molecule has 2 aromatic carbocycles. The van der Waals surface area contributed by atoms with Gasteiger partial charge < -0.3 is 54.0 Å². The summed E-state index contributed by atoms with van der Waals surface area (Å²) in [4.78, 5) is 0. The Bertz CT molecular complexity index is 560. The van der Waals surface area contributed by atoms with Gasteiger partial charge in [0.15, 0.2) is 23.0 Å². The van der Waals surface area contributed by atoms with Gasteiger partial charge in [-0.15, -0.1) is 0 Å². The number of phenolic OH excluding ortho intramolecular Hbond substituents is 2. The molecule has 138 valence electrons. The number of ether oxygens (including phenoxy) is 4. The zero-order valence-corrected chi connectivity index (χ0v) is 17.3. The third kappa shape index (κ3) is 8.98. The summed E-state index contributed by atoms with van der Waals surface area (Å²) in [6.45, 7) is 0. The van der Waals surface area contributed by atoms with E-state index in [4.69, 9.17) is 29.2 Å². The summed E-state index contributed by atoms with van der Waals surface area (Å²) in [5, 5.41) is 18.3. The monoisotopic (exact) mass is 426 g/mol. The number of rotatable bonds is 4. The Morgan fingerprint density at radius 2 is 0.920 bits per heavy atom. The third-order valence-electron chi connectivity index (χ3n) is 2.77. The van der Waals surface area contributed by atoms with Crippen molar-refractivity contribution in [3.8, 4) is 34.5 Å². The van der Waals surface area contributed by atoms with Crippen LogP contribution in [0.1, 0.15) is 0 Å². The minimum absolute atomic E-state index is 0. The van der Waals surface area contributed by atoms with Crippen molar-refractivity contribution in [3.05, 3.63) is 36.4 Å². The third-order valence-corrected chi connectivity index (χ3v) is 2.77. The number of halogens is 2. The molecule has 0 saturated carbocycles.